The Kier molecular flexibility index (Phi) is 5.65. The molecule has 162 valence electrons. The van der Waals surface area contributed by atoms with E-state index in [2.05, 4.69) is 25.6 Å². The highest BCUT2D eigenvalue weighted by Gasteiger charge is 2.12. The molecular formula is C24H17ClN6O2. The molecule has 3 heterocycles. The summed E-state index contributed by atoms with van der Waals surface area (Å²) in [5, 5.41) is 16.5. The summed E-state index contributed by atoms with van der Waals surface area (Å²) in [4.78, 5) is 16.7. The van der Waals surface area contributed by atoms with Crippen molar-refractivity contribution in [2.24, 2.45) is 0 Å². The number of amides is 1. The highest BCUT2D eigenvalue weighted by atomic mass is 35.5. The maximum absolute atomic E-state index is 12.3. The van der Waals surface area contributed by atoms with Crippen molar-refractivity contribution in [1.29, 1.82) is 0 Å². The van der Waals surface area contributed by atoms with Crippen LogP contribution in [0.15, 0.2) is 85.1 Å². The molecule has 2 aromatic carbocycles. The van der Waals surface area contributed by atoms with Gasteiger partial charge in [0.2, 0.25) is 5.82 Å². The summed E-state index contributed by atoms with van der Waals surface area (Å²) in [5.41, 5.74) is 3.44. The number of anilines is 1. The molecule has 0 saturated carbocycles. The summed E-state index contributed by atoms with van der Waals surface area (Å²) in [7, 11) is 0. The van der Waals surface area contributed by atoms with Crippen molar-refractivity contribution < 1.29 is 9.53 Å². The van der Waals surface area contributed by atoms with E-state index in [4.69, 9.17) is 16.3 Å². The van der Waals surface area contributed by atoms with Gasteiger partial charge in [-0.2, -0.15) is 9.61 Å². The van der Waals surface area contributed by atoms with Crippen LogP contribution in [0.2, 0.25) is 5.02 Å². The highest BCUT2D eigenvalue weighted by Crippen LogP contribution is 2.23. The predicted octanol–water partition coefficient (Wildman–Crippen LogP) is 4.52. The van der Waals surface area contributed by atoms with Crippen molar-refractivity contribution in [2.75, 3.05) is 11.9 Å². The van der Waals surface area contributed by atoms with Crippen molar-refractivity contribution in [2.45, 2.75) is 0 Å². The Morgan fingerprint density at radius 1 is 0.939 bits per heavy atom. The van der Waals surface area contributed by atoms with E-state index in [1.807, 2.05) is 48.5 Å². The van der Waals surface area contributed by atoms with Gasteiger partial charge in [0.1, 0.15) is 11.4 Å². The highest BCUT2D eigenvalue weighted by molar-refractivity contribution is 6.30. The first-order chi connectivity index (χ1) is 16.2. The van der Waals surface area contributed by atoms with E-state index in [0.29, 0.717) is 39.3 Å². The molecule has 33 heavy (non-hydrogen) atoms. The zero-order valence-electron chi connectivity index (χ0n) is 17.2. The number of halogens is 1. The number of rotatable bonds is 6. The monoisotopic (exact) mass is 456 g/mol. The summed E-state index contributed by atoms with van der Waals surface area (Å²) in [6, 6.07) is 23.6. The second-order valence-corrected chi connectivity index (χ2v) is 7.54. The SMILES string of the molecule is O=C(COc1cccc(Cl)c1)Nc1cccc(-c2ccc3nnc(-c4ccccn4)n3n2)c1. The first-order valence-corrected chi connectivity index (χ1v) is 10.5. The van der Waals surface area contributed by atoms with Crippen LogP contribution in [0.3, 0.4) is 0 Å². The maximum atomic E-state index is 12.3. The lowest BCUT2D eigenvalue weighted by Gasteiger charge is -2.09. The largest absolute Gasteiger partial charge is 0.484 e. The fourth-order valence-corrected chi connectivity index (χ4v) is 3.44. The van der Waals surface area contributed by atoms with Crippen LogP contribution in [0, 0.1) is 0 Å². The number of pyridine rings is 1. The van der Waals surface area contributed by atoms with Crippen LogP contribution in [-0.2, 0) is 4.79 Å². The Bertz CT molecular complexity index is 1440. The van der Waals surface area contributed by atoms with Gasteiger partial charge in [0.15, 0.2) is 12.3 Å². The molecule has 0 aliphatic rings. The molecule has 0 atom stereocenters. The van der Waals surface area contributed by atoms with Gasteiger partial charge in [0, 0.05) is 22.5 Å². The minimum Gasteiger partial charge on any atom is -0.484 e. The molecule has 0 saturated heterocycles. The number of benzene rings is 2. The van der Waals surface area contributed by atoms with E-state index >= 15 is 0 Å². The summed E-state index contributed by atoms with van der Waals surface area (Å²) in [5.74, 6) is 0.795. The Balaban J connectivity index is 1.35. The van der Waals surface area contributed by atoms with Crippen molar-refractivity contribution >= 4 is 28.8 Å². The second kappa shape index (κ2) is 9.05. The Labute approximate surface area is 193 Å². The average Bonchev–Trinajstić information content (AvgIpc) is 3.27. The lowest BCUT2D eigenvalue weighted by atomic mass is 10.1. The molecule has 8 nitrogen and oxygen atoms in total. The fourth-order valence-electron chi connectivity index (χ4n) is 3.26. The molecule has 0 aliphatic carbocycles. The standard InChI is InChI=1S/C24H17ClN6O2/c25-17-6-4-8-19(14-17)33-15-23(32)27-18-7-3-5-16(13-18)20-10-11-22-28-29-24(31(22)30-20)21-9-1-2-12-26-21/h1-14H,15H2,(H,27,32). The van der Waals surface area contributed by atoms with E-state index in [0.717, 1.165) is 5.56 Å². The van der Waals surface area contributed by atoms with Crippen LogP contribution in [0.1, 0.15) is 0 Å². The normalized spacial score (nSPS) is 10.8. The zero-order chi connectivity index (χ0) is 22.6. The Morgan fingerprint density at radius 3 is 2.70 bits per heavy atom. The third-order valence-corrected chi connectivity index (χ3v) is 5.00. The van der Waals surface area contributed by atoms with Crippen LogP contribution in [-0.4, -0.2) is 37.3 Å². The molecule has 5 aromatic rings. The van der Waals surface area contributed by atoms with Crippen LogP contribution in [0.4, 0.5) is 5.69 Å². The summed E-state index contributed by atoms with van der Waals surface area (Å²) in [6.07, 6.45) is 1.70. The second-order valence-electron chi connectivity index (χ2n) is 7.10. The van der Waals surface area contributed by atoms with E-state index in [-0.39, 0.29) is 12.5 Å². The summed E-state index contributed by atoms with van der Waals surface area (Å²) in [6.45, 7) is -0.136. The van der Waals surface area contributed by atoms with Crippen molar-refractivity contribution in [3.63, 3.8) is 0 Å². The van der Waals surface area contributed by atoms with E-state index in [1.54, 1.807) is 41.0 Å². The minimum atomic E-state index is -0.285. The molecule has 1 N–H and O–H groups in total. The quantitative estimate of drug-likeness (QED) is 0.403. The molecule has 0 fully saturated rings. The first-order valence-electron chi connectivity index (χ1n) is 10.1. The van der Waals surface area contributed by atoms with Crippen molar-refractivity contribution in [1.82, 2.24) is 24.8 Å². The van der Waals surface area contributed by atoms with Crippen molar-refractivity contribution in [3.05, 3.63) is 90.1 Å². The summed E-state index contributed by atoms with van der Waals surface area (Å²) < 4.78 is 7.15. The predicted molar refractivity (Wildman–Crippen MR) is 125 cm³/mol. The molecule has 0 bridgehead atoms. The summed E-state index contributed by atoms with van der Waals surface area (Å²) >= 11 is 5.94. The molecular weight excluding hydrogens is 440 g/mol. The molecule has 0 spiro atoms. The smallest absolute Gasteiger partial charge is 0.262 e. The van der Waals surface area contributed by atoms with Gasteiger partial charge in [0.25, 0.3) is 5.91 Å². The number of carbonyl (C=O) groups excluding carboxylic acids is 1. The number of fused-ring (bicyclic) bond motifs is 1. The van der Waals surface area contributed by atoms with E-state index in [1.165, 1.54) is 0 Å². The van der Waals surface area contributed by atoms with Crippen LogP contribution < -0.4 is 10.1 Å². The number of aromatic nitrogens is 5. The Hall–Kier alpha value is -4.30. The third-order valence-electron chi connectivity index (χ3n) is 4.76. The number of nitrogens with one attached hydrogen (secondary N) is 1. The average molecular weight is 457 g/mol. The van der Waals surface area contributed by atoms with Gasteiger partial charge >= 0.3 is 0 Å². The van der Waals surface area contributed by atoms with Gasteiger partial charge in [-0.15, -0.1) is 10.2 Å². The number of hydrogen-bond acceptors (Lipinski definition) is 6. The maximum Gasteiger partial charge on any atom is 0.262 e. The zero-order valence-corrected chi connectivity index (χ0v) is 18.0. The molecule has 3 aromatic heterocycles. The van der Waals surface area contributed by atoms with Gasteiger partial charge in [0.05, 0.1) is 5.69 Å². The number of carbonyl (C=O) groups is 1. The molecule has 0 aliphatic heterocycles. The molecule has 5 rings (SSSR count). The lowest BCUT2D eigenvalue weighted by molar-refractivity contribution is -0.118. The van der Waals surface area contributed by atoms with Gasteiger partial charge in [-0.1, -0.05) is 35.9 Å². The van der Waals surface area contributed by atoms with Crippen LogP contribution >= 0.6 is 11.6 Å². The van der Waals surface area contributed by atoms with Crippen LogP contribution in [0.25, 0.3) is 28.4 Å². The first kappa shape index (κ1) is 20.6. The van der Waals surface area contributed by atoms with Gasteiger partial charge in [-0.25, -0.2) is 0 Å². The van der Waals surface area contributed by atoms with Gasteiger partial charge in [-0.3, -0.25) is 9.78 Å². The topological polar surface area (TPSA) is 94.3 Å². The number of hydrogen-bond donors (Lipinski definition) is 1. The van der Waals surface area contributed by atoms with Gasteiger partial charge in [-0.05, 0) is 54.6 Å². The van der Waals surface area contributed by atoms with E-state index in [9.17, 15) is 4.79 Å². The molecule has 9 heteroatoms. The molecule has 0 radical (unpaired) electrons. The lowest BCUT2D eigenvalue weighted by Crippen LogP contribution is -2.20. The van der Waals surface area contributed by atoms with Crippen LogP contribution in [0.5, 0.6) is 5.75 Å². The Morgan fingerprint density at radius 2 is 1.85 bits per heavy atom. The third kappa shape index (κ3) is 4.65. The van der Waals surface area contributed by atoms with Gasteiger partial charge < -0.3 is 10.1 Å². The number of ether oxygens (including phenoxy) is 1. The minimum absolute atomic E-state index is 0.136. The molecule has 1 amide bonds. The number of nitrogens with zero attached hydrogens (tertiary/aromatic N) is 5. The van der Waals surface area contributed by atoms with E-state index < -0.39 is 0 Å². The fraction of sp³-hybridized carbons (Fsp3) is 0.0417. The van der Waals surface area contributed by atoms with Crippen molar-refractivity contribution in [3.8, 4) is 28.5 Å². The molecule has 0 unspecified atom stereocenters.